The number of hydrogen-bond acceptors (Lipinski definition) is 9. The van der Waals surface area contributed by atoms with E-state index in [0.29, 0.717) is 33.0 Å². The predicted molar refractivity (Wildman–Crippen MR) is 188 cm³/mol. The van der Waals surface area contributed by atoms with Crippen LogP contribution in [0.25, 0.3) is 0 Å². The van der Waals surface area contributed by atoms with E-state index >= 15 is 0 Å². The molecule has 1 saturated heterocycles. The summed E-state index contributed by atoms with van der Waals surface area (Å²) in [5.74, 6) is 0. The van der Waals surface area contributed by atoms with Gasteiger partial charge in [0.05, 0.1) is 46.2 Å². The molecule has 0 radical (unpaired) electrons. The maximum Gasteiger partial charge on any atom is 0.329 e. The first-order chi connectivity index (χ1) is 23.6. The van der Waals surface area contributed by atoms with Crippen LogP contribution in [0, 0.1) is 0 Å². The SMILES string of the molecule is CCOP(=S)(OCC)O[C@@H]1O[C@H](COCc2ccccc2)[C@@H](OCc2ccccc2)[C@H](OCc2ccccc2)[C@H]1OCc1ccccc1. The summed E-state index contributed by atoms with van der Waals surface area (Å²) in [6, 6.07) is 40.0. The normalized spacial score (nSPS) is 21.2. The van der Waals surface area contributed by atoms with Gasteiger partial charge in [0.25, 0.3) is 0 Å². The number of hydrogen-bond donors (Lipinski definition) is 0. The van der Waals surface area contributed by atoms with E-state index in [2.05, 4.69) is 0 Å². The van der Waals surface area contributed by atoms with Crippen LogP contribution in [0.1, 0.15) is 36.1 Å². The average molecular weight is 693 g/mol. The smallest absolute Gasteiger partial charge is 0.329 e. The van der Waals surface area contributed by atoms with Crippen LogP contribution in [-0.2, 0) is 75.5 Å². The second-order valence-corrected chi connectivity index (χ2v) is 14.2. The quantitative estimate of drug-likeness (QED) is 0.0910. The maximum absolute atomic E-state index is 6.76. The molecule has 0 aromatic heterocycles. The summed E-state index contributed by atoms with van der Waals surface area (Å²) >= 11 is 5.83. The molecule has 1 aliphatic heterocycles. The Labute approximate surface area is 289 Å². The van der Waals surface area contributed by atoms with Crippen molar-refractivity contribution >= 4 is 18.5 Å². The summed E-state index contributed by atoms with van der Waals surface area (Å²) in [4.78, 5) is 0. The molecule has 4 aromatic carbocycles. The molecule has 0 spiro atoms. The molecule has 256 valence electrons. The van der Waals surface area contributed by atoms with Gasteiger partial charge in [-0.25, -0.2) is 0 Å². The minimum atomic E-state index is -3.22. The number of rotatable bonds is 19. The fraction of sp³-hybridized carbons (Fsp3) is 0.368. The first-order valence-electron chi connectivity index (χ1n) is 16.4. The van der Waals surface area contributed by atoms with Crippen LogP contribution in [0.5, 0.6) is 0 Å². The number of ether oxygens (including phenoxy) is 5. The molecule has 0 unspecified atom stereocenters. The molecular weight excluding hydrogens is 647 g/mol. The van der Waals surface area contributed by atoms with E-state index in [9.17, 15) is 0 Å². The lowest BCUT2D eigenvalue weighted by atomic mass is 9.98. The van der Waals surface area contributed by atoms with Crippen molar-refractivity contribution in [3.63, 3.8) is 0 Å². The predicted octanol–water partition coefficient (Wildman–Crippen LogP) is 8.00. The molecule has 1 heterocycles. The minimum Gasteiger partial charge on any atom is -0.374 e. The van der Waals surface area contributed by atoms with Gasteiger partial charge in [0.15, 0.2) is 6.29 Å². The molecule has 10 heteroatoms. The molecule has 5 atom stereocenters. The molecule has 8 nitrogen and oxygen atoms in total. The van der Waals surface area contributed by atoms with Crippen molar-refractivity contribution < 1.29 is 37.3 Å². The highest BCUT2D eigenvalue weighted by Gasteiger charge is 2.51. The van der Waals surface area contributed by atoms with Crippen molar-refractivity contribution in [2.75, 3.05) is 19.8 Å². The largest absolute Gasteiger partial charge is 0.374 e. The Bertz CT molecular complexity index is 1490. The van der Waals surface area contributed by atoms with Crippen LogP contribution in [0.15, 0.2) is 121 Å². The van der Waals surface area contributed by atoms with Gasteiger partial charge in [0.2, 0.25) is 0 Å². The van der Waals surface area contributed by atoms with E-state index in [0.717, 1.165) is 22.3 Å². The molecule has 0 bridgehead atoms. The molecule has 4 aromatic rings. The summed E-state index contributed by atoms with van der Waals surface area (Å²) < 4.78 is 51.4. The molecule has 1 fully saturated rings. The van der Waals surface area contributed by atoms with Crippen LogP contribution < -0.4 is 0 Å². The van der Waals surface area contributed by atoms with Gasteiger partial charge in [-0.05, 0) is 47.9 Å². The van der Waals surface area contributed by atoms with Crippen LogP contribution in [-0.4, -0.2) is 50.5 Å². The monoisotopic (exact) mass is 692 g/mol. The Morgan fingerprint density at radius 3 is 1.38 bits per heavy atom. The van der Waals surface area contributed by atoms with Gasteiger partial charge >= 0.3 is 6.72 Å². The molecule has 48 heavy (non-hydrogen) atoms. The first kappa shape index (κ1) is 36.5. The molecule has 5 rings (SSSR count). The minimum absolute atomic E-state index is 0.205. The summed E-state index contributed by atoms with van der Waals surface area (Å²) in [5, 5.41) is 0. The van der Waals surface area contributed by atoms with E-state index < -0.39 is 37.4 Å². The standard InChI is InChI=1S/C38H45O8PS/c1-3-43-47(48,44-4-2)46-38-37(42-28-33-23-15-8-16-24-33)36(41-27-32-21-13-7-14-22-32)35(40-26-31-19-11-6-12-20-31)34(45-38)29-39-25-30-17-9-5-10-18-30/h5-24,34-38H,3-4,25-29H2,1-2H3/t34-,35-,36+,37-,38+/m1/s1. The Kier molecular flexibility index (Phi) is 14.8. The van der Waals surface area contributed by atoms with E-state index in [1.807, 2.05) is 135 Å². The summed E-state index contributed by atoms with van der Waals surface area (Å²) in [6.07, 6.45) is -3.61. The third kappa shape index (κ3) is 11.1. The van der Waals surface area contributed by atoms with Crippen LogP contribution in [0.3, 0.4) is 0 Å². The van der Waals surface area contributed by atoms with Crippen LogP contribution in [0.4, 0.5) is 0 Å². The Morgan fingerprint density at radius 1 is 0.542 bits per heavy atom. The molecule has 0 N–H and O–H groups in total. The highest BCUT2D eigenvalue weighted by atomic mass is 32.5. The maximum atomic E-state index is 6.76. The second kappa shape index (κ2) is 19.4. The van der Waals surface area contributed by atoms with E-state index in [1.165, 1.54) is 0 Å². The molecular formula is C38H45O8PS. The summed E-state index contributed by atoms with van der Waals surface area (Å²) in [7, 11) is 0. The molecule has 1 aliphatic rings. The lowest BCUT2D eigenvalue weighted by Crippen LogP contribution is -2.61. The molecule has 0 saturated carbocycles. The summed E-state index contributed by atoms with van der Waals surface area (Å²) in [6.45, 7) is 2.67. The number of benzene rings is 4. The fourth-order valence-corrected chi connectivity index (χ4v) is 7.51. The third-order valence-electron chi connectivity index (χ3n) is 7.65. The van der Waals surface area contributed by atoms with E-state index in [1.54, 1.807) is 0 Å². The Hall–Kier alpha value is -2.79. The van der Waals surface area contributed by atoms with Crippen molar-refractivity contribution in [3.8, 4) is 0 Å². The highest BCUT2D eigenvalue weighted by molar-refractivity contribution is 8.07. The molecule has 0 amide bonds. The second-order valence-electron chi connectivity index (χ2n) is 11.2. The van der Waals surface area contributed by atoms with E-state index in [4.69, 9.17) is 49.1 Å². The zero-order valence-electron chi connectivity index (χ0n) is 27.5. The first-order valence-corrected chi connectivity index (χ1v) is 18.9. The van der Waals surface area contributed by atoms with Crippen molar-refractivity contribution in [1.29, 1.82) is 0 Å². The lowest BCUT2D eigenvalue weighted by molar-refractivity contribution is -0.311. The lowest BCUT2D eigenvalue weighted by Gasteiger charge is -2.46. The van der Waals surface area contributed by atoms with Crippen molar-refractivity contribution in [2.45, 2.75) is 71.0 Å². The zero-order chi connectivity index (χ0) is 33.4. The highest BCUT2D eigenvalue weighted by Crippen LogP contribution is 2.52. The summed E-state index contributed by atoms with van der Waals surface area (Å²) in [5.41, 5.74) is 4.07. The van der Waals surface area contributed by atoms with Crippen LogP contribution in [0.2, 0.25) is 0 Å². The van der Waals surface area contributed by atoms with E-state index in [-0.39, 0.29) is 13.2 Å². The fourth-order valence-electron chi connectivity index (χ4n) is 5.37. The van der Waals surface area contributed by atoms with Crippen molar-refractivity contribution in [2.24, 2.45) is 0 Å². The van der Waals surface area contributed by atoms with Gasteiger partial charge in [-0.15, -0.1) is 0 Å². The van der Waals surface area contributed by atoms with Crippen molar-refractivity contribution in [1.82, 2.24) is 0 Å². The molecule has 0 aliphatic carbocycles. The average Bonchev–Trinajstić information content (AvgIpc) is 3.11. The topological polar surface area (TPSA) is 73.8 Å². The van der Waals surface area contributed by atoms with Gasteiger partial charge < -0.3 is 32.7 Å². The van der Waals surface area contributed by atoms with Gasteiger partial charge in [-0.3, -0.25) is 4.52 Å². The van der Waals surface area contributed by atoms with Crippen LogP contribution >= 0.6 is 6.72 Å². The van der Waals surface area contributed by atoms with Gasteiger partial charge in [0, 0.05) is 0 Å². The zero-order valence-corrected chi connectivity index (χ0v) is 29.2. The van der Waals surface area contributed by atoms with Gasteiger partial charge in [-0.2, -0.15) is 0 Å². The Morgan fingerprint density at radius 2 is 0.938 bits per heavy atom. The van der Waals surface area contributed by atoms with Gasteiger partial charge in [0.1, 0.15) is 24.4 Å². The third-order valence-corrected chi connectivity index (χ3v) is 10.2. The Balaban J connectivity index is 1.48. The van der Waals surface area contributed by atoms with Crippen molar-refractivity contribution in [3.05, 3.63) is 144 Å². The van der Waals surface area contributed by atoms with Gasteiger partial charge in [-0.1, -0.05) is 121 Å².